The lowest BCUT2D eigenvalue weighted by molar-refractivity contribution is -0.145. The van der Waals surface area contributed by atoms with Gasteiger partial charge in [0, 0.05) is 29.5 Å². The quantitative estimate of drug-likeness (QED) is 0.493. The van der Waals surface area contributed by atoms with Gasteiger partial charge in [-0.05, 0) is 92.2 Å². The number of nitrogens with one attached hydrogen (secondary N) is 1. The van der Waals surface area contributed by atoms with Crippen LogP contribution in [0.3, 0.4) is 0 Å². The van der Waals surface area contributed by atoms with E-state index in [1.807, 2.05) is 25.1 Å². The molecular weight excluding hydrogens is 454 g/mol. The number of aromatic nitrogens is 1. The molecule has 0 saturated heterocycles. The fraction of sp³-hybridized carbons (Fsp3) is 0.552. The van der Waals surface area contributed by atoms with Gasteiger partial charge in [0.25, 0.3) is 5.91 Å². The Morgan fingerprint density at radius 1 is 1.08 bits per heavy atom. The second-order valence-corrected chi connectivity index (χ2v) is 11.5. The van der Waals surface area contributed by atoms with E-state index in [1.165, 1.54) is 32.1 Å². The summed E-state index contributed by atoms with van der Waals surface area (Å²) in [5.41, 5.74) is 10.8. The van der Waals surface area contributed by atoms with Crippen molar-refractivity contribution in [1.82, 2.24) is 9.88 Å². The van der Waals surface area contributed by atoms with Crippen LogP contribution in [0, 0.1) is 18.8 Å². The molecule has 1 aromatic carbocycles. The van der Waals surface area contributed by atoms with Gasteiger partial charge in [-0.25, -0.2) is 0 Å². The van der Waals surface area contributed by atoms with Gasteiger partial charge >= 0.3 is 5.97 Å². The van der Waals surface area contributed by atoms with Gasteiger partial charge in [0.05, 0.1) is 11.5 Å². The molecule has 0 unspecified atom stereocenters. The molecule has 1 aromatic heterocycles. The van der Waals surface area contributed by atoms with Crippen molar-refractivity contribution in [1.29, 1.82) is 0 Å². The molecule has 0 bridgehead atoms. The molecule has 0 spiro atoms. The molecule has 4 N–H and O–H groups in total. The maximum atomic E-state index is 13.3. The number of aliphatic carboxylic acids is 1. The topological polar surface area (TPSA) is 114 Å². The van der Waals surface area contributed by atoms with Gasteiger partial charge < -0.3 is 20.7 Å². The first-order chi connectivity index (χ1) is 17.1. The number of rotatable bonds is 8. The summed E-state index contributed by atoms with van der Waals surface area (Å²) in [6.07, 6.45) is 9.23. The van der Waals surface area contributed by atoms with Crippen LogP contribution in [0.1, 0.15) is 96.7 Å². The van der Waals surface area contributed by atoms with Crippen LogP contribution >= 0.6 is 0 Å². The van der Waals surface area contributed by atoms with Gasteiger partial charge in [-0.1, -0.05) is 26.2 Å². The first-order valence-corrected chi connectivity index (χ1v) is 13.3. The molecule has 0 atom stereocenters. The van der Waals surface area contributed by atoms with E-state index in [0.717, 1.165) is 41.9 Å². The summed E-state index contributed by atoms with van der Waals surface area (Å²) < 4.78 is 2.25. The maximum Gasteiger partial charge on any atom is 0.306 e. The average molecular weight is 492 g/mol. The van der Waals surface area contributed by atoms with E-state index in [4.69, 9.17) is 10.8 Å². The van der Waals surface area contributed by atoms with Crippen LogP contribution in [-0.4, -0.2) is 33.5 Å². The van der Waals surface area contributed by atoms with Crippen molar-refractivity contribution >= 4 is 17.8 Å². The van der Waals surface area contributed by atoms with E-state index in [2.05, 4.69) is 22.9 Å². The summed E-state index contributed by atoms with van der Waals surface area (Å²) >= 11 is 0. The Bertz CT molecular complexity index is 1200. The van der Waals surface area contributed by atoms with Crippen molar-refractivity contribution < 1.29 is 19.5 Å². The molecule has 7 heteroatoms. The number of carboxylic acids is 1. The van der Waals surface area contributed by atoms with Gasteiger partial charge in [-0.3, -0.25) is 14.4 Å². The van der Waals surface area contributed by atoms with E-state index in [1.54, 1.807) is 0 Å². The highest BCUT2D eigenvalue weighted by Gasteiger charge is 2.40. The van der Waals surface area contributed by atoms with Crippen molar-refractivity contribution in [2.75, 3.05) is 0 Å². The number of nitrogens with zero attached hydrogens (tertiary/aromatic N) is 1. The SMILES string of the molecule is Cc1c(C(=O)NC2CC(C(=O)O)C2)cc(-c2cc(C(N)=O)cc(C3(C)CC3)c2)n1CC1CCCCC1. The van der Waals surface area contributed by atoms with Crippen LogP contribution in [0.15, 0.2) is 24.3 Å². The molecule has 2 amide bonds. The Kier molecular flexibility index (Phi) is 6.43. The normalized spacial score (nSPS) is 23.1. The summed E-state index contributed by atoms with van der Waals surface area (Å²) in [7, 11) is 0. The van der Waals surface area contributed by atoms with Gasteiger partial charge in [-0.15, -0.1) is 0 Å². The molecule has 5 rings (SSSR count). The maximum absolute atomic E-state index is 13.3. The Morgan fingerprint density at radius 3 is 2.39 bits per heavy atom. The van der Waals surface area contributed by atoms with Crippen molar-refractivity contribution in [2.45, 2.75) is 89.6 Å². The monoisotopic (exact) mass is 491 g/mol. The third-order valence-electron chi connectivity index (χ3n) is 8.81. The van der Waals surface area contributed by atoms with Crippen LogP contribution in [0.5, 0.6) is 0 Å². The van der Waals surface area contributed by atoms with E-state index < -0.39 is 11.9 Å². The van der Waals surface area contributed by atoms with Gasteiger partial charge in [-0.2, -0.15) is 0 Å². The van der Waals surface area contributed by atoms with E-state index in [9.17, 15) is 14.4 Å². The number of carboxylic acid groups (broad SMARTS) is 1. The van der Waals surface area contributed by atoms with Gasteiger partial charge in [0.2, 0.25) is 5.91 Å². The predicted molar refractivity (Wildman–Crippen MR) is 138 cm³/mol. The Balaban J connectivity index is 1.51. The van der Waals surface area contributed by atoms with Crippen molar-refractivity contribution in [2.24, 2.45) is 17.6 Å². The van der Waals surface area contributed by atoms with Crippen LogP contribution < -0.4 is 11.1 Å². The molecule has 36 heavy (non-hydrogen) atoms. The molecule has 1 heterocycles. The third kappa shape index (κ3) is 4.80. The Morgan fingerprint density at radius 2 is 1.78 bits per heavy atom. The molecule has 192 valence electrons. The van der Waals surface area contributed by atoms with E-state index in [-0.39, 0.29) is 23.3 Å². The summed E-state index contributed by atoms with van der Waals surface area (Å²) in [6.45, 7) is 5.04. The van der Waals surface area contributed by atoms with Gasteiger partial charge in [0.15, 0.2) is 0 Å². The zero-order chi connectivity index (χ0) is 25.6. The molecule has 2 aromatic rings. The number of hydrogen-bond acceptors (Lipinski definition) is 3. The third-order valence-corrected chi connectivity index (χ3v) is 8.81. The fourth-order valence-corrected chi connectivity index (χ4v) is 5.92. The zero-order valence-corrected chi connectivity index (χ0v) is 21.3. The van der Waals surface area contributed by atoms with Crippen LogP contribution in [0.4, 0.5) is 0 Å². The molecular formula is C29H37N3O4. The minimum absolute atomic E-state index is 0.0706. The number of carbonyl (C=O) groups is 3. The van der Waals surface area contributed by atoms with E-state index in [0.29, 0.717) is 29.9 Å². The van der Waals surface area contributed by atoms with Gasteiger partial charge in [0.1, 0.15) is 0 Å². The lowest BCUT2D eigenvalue weighted by atomic mass is 9.80. The number of benzene rings is 1. The molecule has 3 aliphatic carbocycles. The van der Waals surface area contributed by atoms with Crippen LogP contribution in [-0.2, 0) is 16.8 Å². The molecule has 3 saturated carbocycles. The molecule has 3 fully saturated rings. The second kappa shape index (κ2) is 9.41. The van der Waals surface area contributed by atoms with E-state index >= 15 is 0 Å². The molecule has 3 aliphatic rings. The van der Waals surface area contributed by atoms with Crippen molar-refractivity contribution in [3.05, 3.63) is 46.6 Å². The summed E-state index contributed by atoms with van der Waals surface area (Å²) in [5, 5.41) is 12.2. The highest BCUT2D eigenvalue weighted by atomic mass is 16.4. The van der Waals surface area contributed by atoms with Crippen molar-refractivity contribution in [3.63, 3.8) is 0 Å². The fourth-order valence-electron chi connectivity index (χ4n) is 5.92. The minimum Gasteiger partial charge on any atom is -0.481 e. The average Bonchev–Trinajstić information content (AvgIpc) is 3.50. The van der Waals surface area contributed by atoms with Crippen LogP contribution in [0.2, 0.25) is 0 Å². The first kappa shape index (κ1) is 24.6. The number of carbonyl (C=O) groups excluding carboxylic acids is 2. The van der Waals surface area contributed by atoms with Crippen molar-refractivity contribution in [3.8, 4) is 11.3 Å². The van der Waals surface area contributed by atoms with Crippen LogP contribution in [0.25, 0.3) is 11.3 Å². The lowest BCUT2D eigenvalue weighted by Gasteiger charge is -2.32. The number of hydrogen-bond donors (Lipinski definition) is 3. The molecule has 0 radical (unpaired) electrons. The summed E-state index contributed by atoms with van der Waals surface area (Å²) in [4.78, 5) is 36.7. The predicted octanol–water partition coefficient (Wildman–Crippen LogP) is 4.79. The zero-order valence-electron chi connectivity index (χ0n) is 21.3. The Hall–Kier alpha value is -3.09. The minimum atomic E-state index is -0.799. The summed E-state index contributed by atoms with van der Waals surface area (Å²) in [6, 6.07) is 7.77. The Labute approximate surface area is 212 Å². The first-order valence-electron chi connectivity index (χ1n) is 13.3. The molecule has 0 aliphatic heterocycles. The summed E-state index contributed by atoms with van der Waals surface area (Å²) in [5.74, 6) is -1.22. The number of nitrogens with two attached hydrogens (primary N) is 1. The largest absolute Gasteiger partial charge is 0.481 e. The number of amides is 2. The second-order valence-electron chi connectivity index (χ2n) is 11.5. The lowest BCUT2D eigenvalue weighted by Crippen LogP contribution is -2.46. The highest BCUT2D eigenvalue weighted by molar-refractivity contribution is 5.98. The molecule has 7 nitrogen and oxygen atoms in total. The smallest absolute Gasteiger partial charge is 0.306 e. The highest BCUT2D eigenvalue weighted by Crippen LogP contribution is 2.48. The standard InChI is InChI=1S/C29H37N3O4/c1-17-24(27(34)31-23-13-21(14-23)28(35)36)15-25(32(17)16-18-6-4-3-5-7-18)19-10-20(26(30)33)12-22(11-19)29(2)8-9-29/h10-12,15,18,21,23H,3-9,13-14,16H2,1-2H3,(H2,30,33)(H,31,34)(H,35,36). The number of primary amides is 1.